The molecule has 7 heteroatoms. The SMILES string of the molecule is CC(C)(C)OCCOc1nc(NN)ncc1Br. The van der Waals surface area contributed by atoms with Crippen molar-refractivity contribution in [1.29, 1.82) is 0 Å². The molecule has 1 heterocycles. The maximum atomic E-state index is 5.52. The zero-order chi connectivity index (χ0) is 12.9. The van der Waals surface area contributed by atoms with Crippen molar-refractivity contribution in [3.8, 4) is 5.88 Å². The van der Waals surface area contributed by atoms with E-state index in [2.05, 4.69) is 31.3 Å². The van der Waals surface area contributed by atoms with Crippen molar-refractivity contribution in [2.24, 2.45) is 5.84 Å². The lowest BCUT2D eigenvalue weighted by Gasteiger charge is -2.19. The van der Waals surface area contributed by atoms with E-state index in [1.807, 2.05) is 20.8 Å². The molecular formula is C10H17BrN4O2. The van der Waals surface area contributed by atoms with Crippen LogP contribution in [0.3, 0.4) is 0 Å². The molecule has 0 saturated heterocycles. The number of nitrogens with two attached hydrogens (primary N) is 1. The summed E-state index contributed by atoms with van der Waals surface area (Å²) in [6.07, 6.45) is 1.57. The van der Waals surface area contributed by atoms with Crippen LogP contribution >= 0.6 is 15.9 Å². The number of hydrogen-bond acceptors (Lipinski definition) is 6. The molecule has 0 fully saturated rings. The van der Waals surface area contributed by atoms with Gasteiger partial charge >= 0.3 is 0 Å². The maximum absolute atomic E-state index is 5.52. The quantitative estimate of drug-likeness (QED) is 0.490. The number of nitrogens with one attached hydrogen (secondary N) is 1. The fourth-order valence-corrected chi connectivity index (χ4v) is 1.31. The van der Waals surface area contributed by atoms with Crippen molar-refractivity contribution < 1.29 is 9.47 Å². The molecule has 0 aliphatic heterocycles. The largest absolute Gasteiger partial charge is 0.474 e. The van der Waals surface area contributed by atoms with Gasteiger partial charge in [0.2, 0.25) is 11.8 Å². The molecule has 1 aromatic heterocycles. The first-order valence-corrected chi connectivity index (χ1v) is 5.97. The van der Waals surface area contributed by atoms with Crippen LogP contribution in [0.15, 0.2) is 10.7 Å². The number of nitrogen functional groups attached to an aromatic ring is 1. The Hall–Kier alpha value is -0.920. The molecule has 0 aliphatic carbocycles. The summed E-state index contributed by atoms with van der Waals surface area (Å²) in [6.45, 7) is 6.88. The summed E-state index contributed by atoms with van der Waals surface area (Å²) in [5, 5.41) is 0. The van der Waals surface area contributed by atoms with Gasteiger partial charge in [0, 0.05) is 0 Å². The molecule has 1 rings (SSSR count). The highest BCUT2D eigenvalue weighted by Gasteiger charge is 2.10. The van der Waals surface area contributed by atoms with Gasteiger partial charge in [-0.1, -0.05) is 0 Å². The van der Waals surface area contributed by atoms with Gasteiger partial charge in [-0.25, -0.2) is 10.8 Å². The smallest absolute Gasteiger partial charge is 0.240 e. The number of aromatic nitrogens is 2. The number of anilines is 1. The first-order chi connectivity index (χ1) is 7.92. The Kier molecular flexibility index (Phi) is 5.10. The lowest BCUT2D eigenvalue weighted by atomic mass is 10.2. The number of hydrazine groups is 1. The van der Waals surface area contributed by atoms with Crippen LogP contribution in [0.2, 0.25) is 0 Å². The fraction of sp³-hybridized carbons (Fsp3) is 0.600. The van der Waals surface area contributed by atoms with E-state index in [4.69, 9.17) is 15.3 Å². The minimum Gasteiger partial charge on any atom is -0.474 e. The first-order valence-electron chi connectivity index (χ1n) is 5.18. The summed E-state index contributed by atoms with van der Waals surface area (Å²) < 4.78 is 11.7. The van der Waals surface area contributed by atoms with Gasteiger partial charge in [-0.15, -0.1) is 0 Å². The molecule has 3 N–H and O–H groups in total. The normalized spacial score (nSPS) is 11.4. The molecular weight excluding hydrogens is 288 g/mol. The molecule has 0 aliphatic rings. The highest BCUT2D eigenvalue weighted by Crippen LogP contribution is 2.22. The van der Waals surface area contributed by atoms with Crippen LogP contribution < -0.4 is 16.0 Å². The van der Waals surface area contributed by atoms with E-state index < -0.39 is 0 Å². The molecule has 0 bridgehead atoms. The molecule has 0 amide bonds. The molecule has 96 valence electrons. The summed E-state index contributed by atoms with van der Waals surface area (Å²) >= 11 is 3.29. The Morgan fingerprint density at radius 2 is 2.12 bits per heavy atom. The molecule has 0 saturated carbocycles. The number of ether oxygens (including phenoxy) is 2. The number of nitrogens with zero attached hydrogens (tertiary/aromatic N) is 2. The average molecular weight is 305 g/mol. The molecule has 0 radical (unpaired) electrons. The molecule has 0 aromatic carbocycles. The topological polar surface area (TPSA) is 82.3 Å². The van der Waals surface area contributed by atoms with E-state index in [1.54, 1.807) is 6.20 Å². The van der Waals surface area contributed by atoms with Gasteiger partial charge < -0.3 is 9.47 Å². The number of rotatable bonds is 5. The van der Waals surface area contributed by atoms with Crippen LogP contribution in [-0.4, -0.2) is 28.8 Å². The standard InChI is InChI=1S/C10H17BrN4O2/c1-10(2,3)17-5-4-16-8-7(11)6-13-9(14-8)15-12/h6H,4-5,12H2,1-3H3,(H,13,14,15). The molecule has 0 atom stereocenters. The van der Waals surface area contributed by atoms with Gasteiger partial charge in [0.25, 0.3) is 0 Å². The monoisotopic (exact) mass is 304 g/mol. The van der Waals surface area contributed by atoms with Crippen molar-refractivity contribution in [2.75, 3.05) is 18.6 Å². The van der Waals surface area contributed by atoms with Gasteiger partial charge in [-0.2, -0.15) is 4.98 Å². The zero-order valence-corrected chi connectivity index (χ0v) is 11.7. The van der Waals surface area contributed by atoms with Crippen LogP contribution in [0.1, 0.15) is 20.8 Å². The second kappa shape index (κ2) is 6.13. The highest BCUT2D eigenvalue weighted by molar-refractivity contribution is 9.10. The zero-order valence-electron chi connectivity index (χ0n) is 10.2. The number of halogens is 1. The van der Waals surface area contributed by atoms with E-state index in [0.717, 1.165) is 0 Å². The lowest BCUT2D eigenvalue weighted by molar-refractivity contribution is -0.0169. The van der Waals surface area contributed by atoms with Gasteiger partial charge in [0.1, 0.15) is 6.61 Å². The van der Waals surface area contributed by atoms with Crippen molar-refractivity contribution in [1.82, 2.24) is 9.97 Å². The highest BCUT2D eigenvalue weighted by atomic mass is 79.9. The van der Waals surface area contributed by atoms with Crippen LogP contribution in [0.25, 0.3) is 0 Å². The van der Waals surface area contributed by atoms with E-state index in [1.165, 1.54) is 0 Å². The molecule has 0 unspecified atom stereocenters. The average Bonchev–Trinajstić information content (AvgIpc) is 2.25. The molecule has 0 spiro atoms. The first kappa shape index (κ1) is 14.1. The Balaban J connectivity index is 2.46. The minimum atomic E-state index is -0.170. The summed E-state index contributed by atoms with van der Waals surface area (Å²) in [6, 6.07) is 0. The third-order valence-corrected chi connectivity index (χ3v) is 2.24. The van der Waals surface area contributed by atoms with Gasteiger partial charge in [-0.05, 0) is 36.7 Å². The summed E-state index contributed by atoms with van der Waals surface area (Å²) in [7, 11) is 0. The summed E-state index contributed by atoms with van der Waals surface area (Å²) in [5.74, 6) is 5.95. The second-order valence-electron chi connectivity index (χ2n) is 4.30. The van der Waals surface area contributed by atoms with Crippen molar-refractivity contribution in [3.63, 3.8) is 0 Å². The Morgan fingerprint density at radius 3 is 2.71 bits per heavy atom. The second-order valence-corrected chi connectivity index (χ2v) is 5.15. The van der Waals surface area contributed by atoms with Crippen LogP contribution in [0.4, 0.5) is 5.95 Å². The van der Waals surface area contributed by atoms with Crippen molar-refractivity contribution >= 4 is 21.9 Å². The maximum Gasteiger partial charge on any atom is 0.240 e. The summed E-state index contributed by atoms with van der Waals surface area (Å²) in [5.41, 5.74) is 2.18. The Labute approximate surface area is 109 Å². The van der Waals surface area contributed by atoms with Gasteiger partial charge in [-0.3, -0.25) is 5.43 Å². The number of hydrogen-bond donors (Lipinski definition) is 2. The van der Waals surface area contributed by atoms with E-state index in [-0.39, 0.29) is 5.60 Å². The van der Waals surface area contributed by atoms with Gasteiger partial charge in [0.05, 0.1) is 22.9 Å². The lowest BCUT2D eigenvalue weighted by Crippen LogP contribution is -2.22. The Bertz CT molecular complexity index is 368. The Morgan fingerprint density at radius 1 is 1.41 bits per heavy atom. The minimum absolute atomic E-state index is 0.170. The predicted molar refractivity (Wildman–Crippen MR) is 68.7 cm³/mol. The molecule has 1 aromatic rings. The third kappa shape index (κ3) is 5.29. The third-order valence-electron chi connectivity index (χ3n) is 1.70. The van der Waals surface area contributed by atoms with Gasteiger partial charge in [0.15, 0.2) is 0 Å². The van der Waals surface area contributed by atoms with Crippen LogP contribution in [-0.2, 0) is 4.74 Å². The van der Waals surface area contributed by atoms with E-state index in [9.17, 15) is 0 Å². The van der Waals surface area contributed by atoms with E-state index in [0.29, 0.717) is 29.5 Å². The summed E-state index contributed by atoms with van der Waals surface area (Å²) in [4.78, 5) is 7.97. The molecule has 17 heavy (non-hydrogen) atoms. The van der Waals surface area contributed by atoms with E-state index >= 15 is 0 Å². The van der Waals surface area contributed by atoms with Crippen molar-refractivity contribution in [3.05, 3.63) is 10.7 Å². The molecule has 6 nitrogen and oxygen atoms in total. The predicted octanol–water partition coefficient (Wildman–Crippen LogP) is 1.72. The van der Waals surface area contributed by atoms with Crippen LogP contribution in [0.5, 0.6) is 5.88 Å². The van der Waals surface area contributed by atoms with Crippen LogP contribution in [0, 0.1) is 0 Å². The fourth-order valence-electron chi connectivity index (χ4n) is 1.01. The van der Waals surface area contributed by atoms with Crippen molar-refractivity contribution in [2.45, 2.75) is 26.4 Å².